The maximum Gasteiger partial charge on any atom is 0.307 e. The van der Waals surface area contributed by atoms with Gasteiger partial charge in [0.25, 0.3) is 5.89 Å². The summed E-state index contributed by atoms with van der Waals surface area (Å²) in [6.45, 7) is 0. The average molecular weight is 313 g/mol. The first-order valence-corrected chi connectivity index (χ1v) is 7.90. The summed E-state index contributed by atoms with van der Waals surface area (Å²) in [5.41, 5.74) is 0.831. The van der Waals surface area contributed by atoms with Crippen LogP contribution in [0.3, 0.4) is 0 Å². The van der Waals surface area contributed by atoms with Gasteiger partial charge in [-0.1, -0.05) is 12.1 Å². The molecule has 2 bridgehead atoms. The second kappa shape index (κ2) is 5.70. The number of amides is 1. The number of methoxy groups -OCH3 is 1. The molecule has 23 heavy (non-hydrogen) atoms. The predicted molar refractivity (Wildman–Crippen MR) is 84.3 cm³/mol. The van der Waals surface area contributed by atoms with E-state index < -0.39 is 0 Å². The number of nitrogens with one attached hydrogen (secondary N) is 2. The van der Waals surface area contributed by atoms with Crippen LogP contribution in [0.25, 0.3) is 11.3 Å². The van der Waals surface area contributed by atoms with Crippen molar-refractivity contribution in [1.29, 1.82) is 0 Å². The summed E-state index contributed by atoms with van der Waals surface area (Å²) in [7, 11) is 1.61. The van der Waals surface area contributed by atoms with Crippen LogP contribution in [0.4, 0.5) is 0 Å². The van der Waals surface area contributed by atoms with Crippen LogP contribution in [-0.2, 0) is 0 Å². The number of hydrogen-bond donors (Lipinski definition) is 2. The number of rotatable bonds is 4. The fourth-order valence-electron chi connectivity index (χ4n) is 3.50. The molecule has 6 heteroatoms. The molecule has 6 nitrogen and oxygen atoms in total. The van der Waals surface area contributed by atoms with E-state index in [-0.39, 0.29) is 17.8 Å². The van der Waals surface area contributed by atoms with Gasteiger partial charge in [-0.3, -0.25) is 4.79 Å². The Morgan fingerprint density at radius 3 is 3.09 bits per heavy atom. The van der Waals surface area contributed by atoms with Crippen molar-refractivity contribution >= 4 is 5.91 Å². The number of carbonyl (C=O) groups is 1. The van der Waals surface area contributed by atoms with Crippen molar-refractivity contribution in [2.75, 3.05) is 7.11 Å². The topological polar surface area (TPSA) is 76.4 Å². The van der Waals surface area contributed by atoms with Gasteiger partial charge in [0, 0.05) is 23.7 Å². The van der Waals surface area contributed by atoms with Crippen LogP contribution in [0, 0.1) is 0 Å². The molecule has 3 atom stereocenters. The number of hydrogen-bond acceptors (Lipinski definition) is 5. The standard InChI is InChI=1S/C17H19N3O3/c1-22-12-4-2-3-10(7-12)15-9-18-17(23-15)16(21)20-14-8-11-5-6-13(14)19-11/h2-4,7,9,11,13-14,19H,5-6,8H2,1H3,(H,20,21)/t11-,13+,14-/m1/s1. The van der Waals surface area contributed by atoms with Gasteiger partial charge in [0.1, 0.15) is 5.75 Å². The molecule has 1 aromatic heterocycles. The van der Waals surface area contributed by atoms with E-state index in [1.165, 1.54) is 6.42 Å². The lowest BCUT2D eigenvalue weighted by atomic mass is 9.95. The van der Waals surface area contributed by atoms with Gasteiger partial charge < -0.3 is 19.8 Å². The minimum atomic E-state index is -0.251. The highest BCUT2D eigenvalue weighted by atomic mass is 16.5. The molecule has 2 saturated heterocycles. The van der Waals surface area contributed by atoms with E-state index >= 15 is 0 Å². The van der Waals surface area contributed by atoms with E-state index in [1.54, 1.807) is 13.3 Å². The zero-order chi connectivity index (χ0) is 15.8. The zero-order valence-corrected chi connectivity index (χ0v) is 12.9. The van der Waals surface area contributed by atoms with Gasteiger partial charge >= 0.3 is 5.91 Å². The fraction of sp³-hybridized carbons (Fsp3) is 0.412. The van der Waals surface area contributed by atoms with E-state index in [2.05, 4.69) is 15.6 Å². The first-order valence-electron chi connectivity index (χ1n) is 7.90. The smallest absolute Gasteiger partial charge is 0.307 e. The van der Waals surface area contributed by atoms with E-state index in [9.17, 15) is 4.79 Å². The Bertz CT molecular complexity index is 727. The van der Waals surface area contributed by atoms with Crippen molar-refractivity contribution in [3.05, 3.63) is 36.4 Å². The van der Waals surface area contributed by atoms with Crippen molar-refractivity contribution in [1.82, 2.24) is 15.6 Å². The third-order valence-electron chi connectivity index (χ3n) is 4.67. The van der Waals surface area contributed by atoms with Crippen LogP contribution in [0.5, 0.6) is 5.75 Å². The van der Waals surface area contributed by atoms with E-state index in [0.29, 0.717) is 17.8 Å². The Morgan fingerprint density at radius 1 is 1.43 bits per heavy atom. The van der Waals surface area contributed by atoms with Crippen molar-refractivity contribution in [3.8, 4) is 17.1 Å². The molecule has 120 valence electrons. The van der Waals surface area contributed by atoms with Gasteiger partial charge in [-0.05, 0) is 31.4 Å². The highest BCUT2D eigenvalue weighted by Gasteiger charge is 2.40. The highest BCUT2D eigenvalue weighted by molar-refractivity contribution is 5.90. The Labute approximate surface area is 134 Å². The molecule has 3 heterocycles. The second-order valence-electron chi connectivity index (χ2n) is 6.12. The number of fused-ring (bicyclic) bond motifs is 2. The molecule has 0 unspecified atom stereocenters. The minimum Gasteiger partial charge on any atom is -0.497 e. The lowest BCUT2D eigenvalue weighted by molar-refractivity contribution is 0.0896. The van der Waals surface area contributed by atoms with Gasteiger partial charge in [-0.25, -0.2) is 4.98 Å². The number of ether oxygens (including phenoxy) is 1. The second-order valence-corrected chi connectivity index (χ2v) is 6.12. The molecule has 0 saturated carbocycles. The Morgan fingerprint density at radius 2 is 2.35 bits per heavy atom. The molecule has 2 fully saturated rings. The molecule has 0 radical (unpaired) electrons. The molecule has 2 aliphatic rings. The SMILES string of the molecule is COc1cccc(-c2cnc(C(=O)N[C@@H]3C[C@H]4CC[C@@H]3N4)o2)c1. The normalized spacial score (nSPS) is 25.5. The minimum absolute atomic E-state index is 0.102. The number of nitrogens with zero attached hydrogens (tertiary/aromatic N) is 1. The van der Waals surface area contributed by atoms with Crippen LogP contribution < -0.4 is 15.4 Å². The van der Waals surface area contributed by atoms with Crippen LogP contribution >= 0.6 is 0 Å². The largest absolute Gasteiger partial charge is 0.497 e. The van der Waals surface area contributed by atoms with Gasteiger partial charge in [0.15, 0.2) is 5.76 Å². The fourth-order valence-corrected chi connectivity index (χ4v) is 3.50. The first-order chi connectivity index (χ1) is 11.2. The molecule has 4 rings (SSSR count). The van der Waals surface area contributed by atoms with Crippen LogP contribution in [0.2, 0.25) is 0 Å². The maximum atomic E-state index is 12.3. The van der Waals surface area contributed by atoms with E-state index in [4.69, 9.17) is 9.15 Å². The molecule has 1 amide bonds. The molecule has 0 aliphatic carbocycles. The average Bonchev–Trinajstić information content (AvgIpc) is 3.31. The number of benzene rings is 1. The number of carbonyl (C=O) groups excluding carboxylic acids is 1. The molecule has 2 aliphatic heterocycles. The Balaban J connectivity index is 1.47. The Kier molecular flexibility index (Phi) is 3.53. The lowest BCUT2D eigenvalue weighted by Gasteiger charge is -2.20. The summed E-state index contributed by atoms with van der Waals surface area (Å²) in [4.78, 5) is 16.4. The summed E-state index contributed by atoms with van der Waals surface area (Å²) >= 11 is 0. The maximum absolute atomic E-state index is 12.3. The van der Waals surface area contributed by atoms with Crippen molar-refractivity contribution in [2.24, 2.45) is 0 Å². The summed E-state index contributed by atoms with van der Waals surface area (Å²) in [6, 6.07) is 8.58. The molecule has 1 aromatic carbocycles. The van der Waals surface area contributed by atoms with Crippen LogP contribution in [0.1, 0.15) is 29.9 Å². The van der Waals surface area contributed by atoms with Crippen molar-refractivity contribution in [3.63, 3.8) is 0 Å². The lowest BCUT2D eigenvalue weighted by Crippen LogP contribution is -2.43. The van der Waals surface area contributed by atoms with Gasteiger partial charge in [-0.15, -0.1) is 0 Å². The van der Waals surface area contributed by atoms with E-state index in [0.717, 1.165) is 24.2 Å². The highest BCUT2D eigenvalue weighted by Crippen LogP contribution is 2.29. The van der Waals surface area contributed by atoms with Gasteiger partial charge in [-0.2, -0.15) is 0 Å². The predicted octanol–water partition coefficient (Wildman–Crippen LogP) is 1.97. The van der Waals surface area contributed by atoms with Crippen LogP contribution in [0.15, 0.2) is 34.9 Å². The summed E-state index contributed by atoms with van der Waals surface area (Å²) < 4.78 is 10.8. The third kappa shape index (κ3) is 2.70. The third-order valence-corrected chi connectivity index (χ3v) is 4.67. The van der Waals surface area contributed by atoms with E-state index in [1.807, 2.05) is 24.3 Å². The quantitative estimate of drug-likeness (QED) is 0.902. The molecule has 0 spiro atoms. The number of aromatic nitrogens is 1. The van der Waals surface area contributed by atoms with Crippen molar-refractivity contribution in [2.45, 2.75) is 37.4 Å². The zero-order valence-electron chi connectivity index (χ0n) is 12.9. The Hall–Kier alpha value is -2.34. The van der Waals surface area contributed by atoms with Crippen LogP contribution in [-0.4, -0.2) is 36.1 Å². The number of oxazole rings is 1. The summed E-state index contributed by atoms with van der Waals surface area (Å²) in [5.74, 6) is 1.14. The molecular formula is C17H19N3O3. The first kappa shape index (κ1) is 14.3. The molecule has 2 aromatic rings. The summed E-state index contributed by atoms with van der Waals surface area (Å²) in [5, 5.41) is 6.53. The van der Waals surface area contributed by atoms with Crippen molar-refractivity contribution < 1.29 is 13.9 Å². The monoisotopic (exact) mass is 313 g/mol. The van der Waals surface area contributed by atoms with Gasteiger partial charge in [0.2, 0.25) is 0 Å². The molecular weight excluding hydrogens is 294 g/mol. The molecule has 2 N–H and O–H groups in total. The summed E-state index contributed by atoms with van der Waals surface area (Å²) in [6.07, 6.45) is 4.88. The van der Waals surface area contributed by atoms with Gasteiger partial charge in [0.05, 0.1) is 13.3 Å².